The topological polar surface area (TPSA) is 74.2 Å². The Hall–Kier alpha value is -2.06. The van der Waals surface area contributed by atoms with Crippen molar-refractivity contribution in [3.05, 3.63) is 29.4 Å². The summed E-state index contributed by atoms with van der Waals surface area (Å²) in [5, 5.41) is 16.3. The number of halogens is 4. The first-order valence-corrected chi connectivity index (χ1v) is 8.75. The van der Waals surface area contributed by atoms with Gasteiger partial charge in [-0.05, 0) is 26.3 Å². The Morgan fingerprint density at radius 2 is 1.89 bits per heavy atom. The van der Waals surface area contributed by atoms with E-state index in [9.17, 15) is 23.1 Å². The van der Waals surface area contributed by atoms with Gasteiger partial charge < -0.3 is 15.7 Å². The largest absolute Gasteiger partial charge is 0.389 e. The van der Waals surface area contributed by atoms with E-state index < -0.39 is 24.1 Å². The Balaban J connectivity index is 2.28. The van der Waals surface area contributed by atoms with E-state index in [2.05, 4.69) is 15.6 Å². The third-order valence-electron chi connectivity index (χ3n) is 3.67. The molecule has 0 aliphatic heterocycles. The smallest absolute Gasteiger partial charge is 0.389 e. The zero-order valence-corrected chi connectivity index (χ0v) is 15.7. The maximum Gasteiger partial charge on any atom is 0.389 e. The number of aliphatic hydroxyl groups is 1. The standard InChI is InChI=1S/C18H21ClF3N3O2/c1-17(2,27)10-23-14-11-6-3-4-7-12(11)24-16(19)15(14)25-13(26)8-5-9-18(20,21)22/h3-4,6-7,27H,5,8-10H2,1-2H3,(H,23,24)(H,25,26). The number of para-hydroxylation sites is 1. The maximum atomic E-state index is 12.3. The van der Waals surface area contributed by atoms with Gasteiger partial charge >= 0.3 is 6.18 Å². The molecule has 0 aliphatic carbocycles. The average Bonchev–Trinajstić information content (AvgIpc) is 2.52. The van der Waals surface area contributed by atoms with Crippen LogP contribution in [-0.2, 0) is 4.79 Å². The minimum absolute atomic E-state index is 0.0103. The molecule has 0 fully saturated rings. The number of carbonyl (C=O) groups is 1. The quantitative estimate of drug-likeness (QED) is 0.584. The Bertz CT molecular complexity index is 820. The van der Waals surface area contributed by atoms with Gasteiger partial charge in [0.15, 0.2) is 5.15 Å². The van der Waals surface area contributed by atoms with Gasteiger partial charge in [0.1, 0.15) is 5.69 Å². The summed E-state index contributed by atoms with van der Waals surface area (Å²) in [6.45, 7) is 3.38. The van der Waals surface area contributed by atoms with Gasteiger partial charge in [-0.25, -0.2) is 4.98 Å². The van der Waals surface area contributed by atoms with Crippen LogP contribution < -0.4 is 10.6 Å². The van der Waals surface area contributed by atoms with E-state index in [1.54, 1.807) is 38.1 Å². The third-order valence-corrected chi connectivity index (χ3v) is 3.95. The molecular formula is C18H21ClF3N3O2. The van der Waals surface area contributed by atoms with Gasteiger partial charge in [-0.15, -0.1) is 0 Å². The van der Waals surface area contributed by atoms with Crippen molar-refractivity contribution in [1.29, 1.82) is 0 Å². The lowest BCUT2D eigenvalue weighted by atomic mass is 10.1. The SMILES string of the molecule is CC(C)(O)CNc1c(NC(=O)CCCC(F)(F)F)c(Cl)nc2ccccc12. The minimum Gasteiger partial charge on any atom is -0.389 e. The number of fused-ring (bicyclic) bond motifs is 1. The zero-order chi connectivity index (χ0) is 20.2. The fourth-order valence-corrected chi connectivity index (χ4v) is 2.67. The Kier molecular flexibility index (Phi) is 6.54. The molecule has 148 valence electrons. The number of nitrogens with one attached hydrogen (secondary N) is 2. The Morgan fingerprint density at radius 3 is 2.52 bits per heavy atom. The lowest BCUT2D eigenvalue weighted by Crippen LogP contribution is -2.30. The van der Waals surface area contributed by atoms with E-state index in [-0.39, 0.29) is 30.2 Å². The molecule has 5 nitrogen and oxygen atoms in total. The maximum absolute atomic E-state index is 12.3. The molecule has 0 saturated carbocycles. The van der Waals surface area contributed by atoms with Crippen molar-refractivity contribution in [2.45, 2.75) is 44.9 Å². The van der Waals surface area contributed by atoms with Crippen molar-refractivity contribution in [3.8, 4) is 0 Å². The van der Waals surface area contributed by atoms with Crippen LogP contribution in [0.3, 0.4) is 0 Å². The number of hydrogen-bond donors (Lipinski definition) is 3. The van der Waals surface area contributed by atoms with Crippen molar-refractivity contribution in [3.63, 3.8) is 0 Å². The summed E-state index contributed by atoms with van der Waals surface area (Å²) in [5.41, 5.74) is 0.175. The fraction of sp³-hybridized carbons (Fsp3) is 0.444. The lowest BCUT2D eigenvalue weighted by Gasteiger charge is -2.22. The van der Waals surface area contributed by atoms with E-state index in [4.69, 9.17) is 11.6 Å². The number of amides is 1. The molecule has 2 rings (SSSR count). The fourth-order valence-electron chi connectivity index (χ4n) is 2.44. The van der Waals surface area contributed by atoms with Gasteiger partial charge in [0.2, 0.25) is 5.91 Å². The second-order valence-electron chi connectivity index (χ2n) is 6.85. The van der Waals surface area contributed by atoms with Crippen molar-refractivity contribution >= 4 is 39.8 Å². The number of pyridine rings is 1. The molecule has 1 amide bonds. The highest BCUT2D eigenvalue weighted by Gasteiger charge is 2.27. The van der Waals surface area contributed by atoms with Gasteiger partial charge in [-0.1, -0.05) is 29.8 Å². The monoisotopic (exact) mass is 403 g/mol. The minimum atomic E-state index is -4.30. The molecule has 1 aromatic heterocycles. The molecule has 27 heavy (non-hydrogen) atoms. The van der Waals surface area contributed by atoms with Gasteiger partial charge in [-0.2, -0.15) is 13.2 Å². The van der Waals surface area contributed by atoms with Gasteiger partial charge in [0, 0.05) is 24.8 Å². The molecule has 0 spiro atoms. The van der Waals surface area contributed by atoms with Crippen LogP contribution in [0.15, 0.2) is 24.3 Å². The highest BCUT2D eigenvalue weighted by atomic mass is 35.5. The van der Waals surface area contributed by atoms with E-state index in [0.29, 0.717) is 16.6 Å². The number of carbonyl (C=O) groups excluding carboxylic acids is 1. The third kappa shape index (κ3) is 6.55. The van der Waals surface area contributed by atoms with Crippen LogP contribution in [0.1, 0.15) is 33.1 Å². The Morgan fingerprint density at radius 1 is 1.22 bits per heavy atom. The van der Waals surface area contributed by atoms with Gasteiger partial charge in [-0.3, -0.25) is 4.79 Å². The summed E-state index contributed by atoms with van der Waals surface area (Å²) in [6.07, 6.45) is -5.95. The number of rotatable bonds is 7. The van der Waals surface area contributed by atoms with Crippen LogP contribution >= 0.6 is 11.6 Å². The second kappa shape index (κ2) is 8.31. The average molecular weight is 404 g/mol. The molecule has 0 radical (unpaired) electrons. The summed E-state index contributed by atoms with van der Waals surface area (Å²) < 4.78 is 36.8. The molecular weight excluding hydrogens is 383 g/mol. The molecule has 1 heterocycles. The number of alkyl halides is 3. The molecule has 1 aromatic carbocycles. The summed E-state index contributed by atoms with van der Waals surface area (Å²) >= 11 is 6.20. The van der Waals surface area contributed by atoms with Crippen LogP contribution in [0.25, 0.3) is 10.9 Å². The summed E-state index contributed by atoms with van der Waals surface area (Å²) in [4.78, 5) is 16.3. The van der Waals surface area contributed by atoms with Crippen molar-refractivity contribution < 1.29 is 23.1 Å². The normalized spacial score (nSPS) is 12.3. The second-order valence-corrected chi connectivity index (χ2v) is 7.21. The van der Waals surface area contributed by atoms with Crippen LogP contribution in [0.5, 0.6) is 0 Å². The summed E-state index contributed by atoms with van der Waals surface area (Å²) in [7, 11) is 0. The van der Waals surface area contributed by atoms with E-state index in [0.717, 1.165) is 0 Å². The van der Waals surface area contributed by atoms with E-state index in [1.807, 2.05) is 0 Å². The number of benzene rings is 1. The predicted molar refractivity (Wildman–Crippen MR) is 100 cm³/mol. The van der Waals surface area contributed by atoms with Crippen LogP contribution in [0.4, 0.5) is 24.5 Å². The number of nitrogens with zero attached hydrogens (tertiary/aromatic N) is 1. The van der Waals surface area contributed by atoms with Crippen molar-refractivity contribution in [1.82, 2.24) is 4.98 Å². The lowest BCUT2D eigenvalue weighted by molar-refractivity contribution is -0.136. The van der Waals surface area contributed by atoms with Gasteiger partial charge in [0.05, 0.1) is 16.8 Å². The molecule has 0 atom stereocenters. The molecule has 0 unspecified atom stereocenters. The highest BCUT2D eigenvalue weighted by Crippen LogP contribution is 2.36. The van der Waals surface area contributed by atoms with Crippen LogP contribution in [-0.4, -0.2) is 34.3 Å². The molecule has 2 aromatic rings. The molecule has 0 saturated heterocycles. The van der Waals surface area contributed by atoms with Crippen LogP contribution in [0.2, 0.25) is 5.15 Å². The highest BCUT2D eigenvalue weighted by molar-refractivity contribution is 6.34. The number of hydrogen-bond acceptors (Lipinski definition) is 4. The predicted octanol–water partition coefficient (Wildman–Crippen LogP) is 4.74. The van der Waals surface area contributed by atoms with Crippen LogP contribution in [0, 0.1) is 0 Å². The van der Waals surface area contributed by atoms with Crippen molar-refractivity contribution in [2.24, 2.45) is 0 Å². The molecule has 0 aliphatic rings. The number of aromatic nitrogens is 1. The van der Waals surface area contributed by atoms with E-state index >= 15 is 0 Å². The first-order valence-electron chi connectivity index (χ1n) is 8.37. The molecule has 3 N–H and O–H groups in total. The van der Waals surface area contributed by atoms with E-state index in [1.165, 1.54) is 0 Å². The Labute approximate surface area is 159 Å². The first-order chi connectivity index (χ1) is 12.5. The number of anilines is 2. The van der Waals surface area contributed by atoms with Crippen molar-refractivity contribution in [2.75, 3.05) is 17.2 Å². The summed E-state index contributed by atoms with van der Waals surface area (Å²) in [5.74, 6) is -0.593. The van der Waals surface area contributed by atoms with Gasteiger partial charge in [0.25, 0.3) is 0 Å². The summed E-state index contributed by atoms with van der Waals surface area (Å²) in [6, 6.07) is 7.07. The molecule has 9 heteroatoms. The first kappa shape index (κ1) is 21.2. The zero-order valence-electron chi connectivity index (χ0n) is 15.0. The molecule has 0 bridgehead atoms.